The smallest absolute Gasteiger partial charge is 0.258 e. The number of anilines is 1. The number of benzene rings is 1. The lowest BCUT2D eigenvalue weighted by Crippen LogP contribution is -2.49. The number of nitrogens with two attached hydrogens (primary N) is 1. The monoisotopic (exact) mass is 307 g/mol. The Morgan fingerprint density at radius 3 is 2.91 bits per heavy atom. The third kappa shape index (κ3) is 3.34. The van der Waals surface area contributed by atoms with Crippen LogP contribution in [0, 0.1) is 5.92 Å². The zero-order valence-electron chi connectivity index (χ0n) is 13.4. The number of carbonyl (C=O) groups is 1. The molecule has 6 nitrogen and oxygen atoms in total. The second-order valence-electron chi connectivity index (χ2n) is 5.94. The number of hydrogen-bond acceptors (Lipinski definition) is 5. The Kier molecular flexibility index (Phi) is 5.26. The number of nitrogen functional groups attached to an aromatic ring is 1. The number of aliphatic hydroxyl groups excluding tert-OH is 1. The molecule has 6 heteroatoms. The second kappa shape index (κ2) is 6.98. The Labute approximate surface area is 131 Å². The SMILES string of the molecule is CNC[C@H]1Oc2ccc(N)cc2C(=O)N([C@@H](C)CO)C[C@@H]1C. The standard InChI is InChI=1S/C16H25N3O3/c1-10-8-19(11(2)9-20)16(21)13-6-12(17)4-5-14(13)22-15(10)7-18-3/h4-6,10-11,15,18,20H,7-9,17H2,1-3H3/t10-,11-,15+/m0/s1. The van der Waals surface area contributed by atoms with Crippen molar-refractivity contribution in [1.82, 2.24) is 10.2 Å². The number of likely N-dealkylation sites (N-methyl/N-ethyl adjacent to an activating group) is 1. The quantitative estimate of drug-likeness (QED) is 0.713. The normalized spacial score (nSPS) is 23.3. The van der Waals surface area contributed by atoms with Crippen molar-refractivity contribution in [3.05, 3.63) is 23.8 Å². The Hall–Kier alpha value is -1.79. The first-order valence-corrected chi connectivity index (χ1v) is 7.60. The molecule has 0 saturated heterocycles. The lowest BCUT2D eigenvalue weighted by Gasteiger charge is -2.37. The molecular formula is C16H25N3O3. The molecule has 0 spiro atoms. The molecule has 0 radical (unpaired) electrons. The Balaban J connectivity index is 2.45. The Morgan fingerprint density at radius 2 is 2.27 bits per heavy atom. The summed E-state index contributed by atoms with van der Waals surface area (Å²) in [6.07, 6.45) is -0.0612. The van der Waals surface area contributed by atoms with E-state index in [1.165, 1.54) is 0 Å². The minimum absolute atomic E-state index is 0.0612. The van der Waals surface area contributed by atoms with Gasteiger partial charge in [-0.3, -0.25) is 4.79 Å². The van der Waals surface area contributed by atoms with Crippen LogP contribution < -0.4 is 15.8 Å². The highest BCUT2D eigenvalue weighted by molar-refractivity contribution is 5.98. The maximum absolute atomic E-state index is 12.8. The van der Waals surface area contributed by atoms with Gasteiger partial charge in [0, 0.05) is 24.7 Å². The molecule has 0 unspecified atom stereocenters. The number of nitrogens with zero attached hydrogens (tertiary/aromatic N) is 1. The highest BCUT2D eigenvalue weighted by atomic mass is 16.5. The third-order valence-corrected chi connectivity index (χ3v) is 4.09. The molecule has 0 aromatic heterocycles. The largest absolute Gasteiger partial charge is 0.488 e. The van der Waals surface area contributed by atoms with Gasteiger partial charge in [-0.05, 0) is 32.2 Å². The minimum Gasteiger partial charge on any atom is -0.488 e. The van der Waals surface area contributed by atoms with Gasteiger partial charge in [0.05, 0.1) is 18.2 Å². The van der Waals surface area contributed by atoms with Crippen LogP contribution in [0.4, 0.5) is 5.69 Å². The van der Waals surface area contributed by atoms with Gasteiger partial charge in [-0.1, -0.05) is 6.92 Å². The van der Waals surface area contributed by atoms with Crippen LogP contribution in [0.3, 0.4) is 0 Å². The average Bonchev–Trinajstić information content (AvgIpc) is 2.51. The molecule has 3 atom stereocenters. The molecule has 1 aromatic carbocycles. The van der Waals surface area contributed by atoms with Gasteiger partial charge in [0.2, 0.25) is 0 Å². The highest BCUT2D eigenvalue weighted by Gasteiger charge is 2.32. The van der Waals surface area contributed by atoms with E-state index >= 15 is 0 Å². The lowest BCUT2D eigenvalue weighted by molar-refractivity contribution is 0.0416. The number of nitrogens with one attached hydrogen (secondary N) is 1. The molecule has 1 aromatic rings. The molecule has 0 saturated carbocycles. The fourth-order valence-corrected chi connectivity index (χ4v) is 2.68. The molecular weight excluding hydrogens is 282 g/mol. The first-order valence-electron chi connectivity index (χ1n) is 7.60. The first-order chi connectivity index (χ1) is 10.5. The lowest BCUT2D eigenvalue weighted by atomic mass is 9.99. The molecule has 1 aliphatic rings. The first kappa shape index (κ1) is 16.6. The minimum atomic E-state index is -0.252. The molecule has 1 heterocycles. The van der Waals surface area contributed by atoms with Crippen LogP contribution in [-0.2, 0) is 0 Å². The van der Waals surface area contributed by atoms with E-state index in [-0.39, 0.29) is 30.6 Å². The van der Waals surface area contributed by atoms with Crippen molar-refractivity contribution in [1.29, 1.82) is 0 Å². The number of hydrogen-bond donors (Lipinski definition) is 3. The van der Waals surface area contributed by atoms with Crippen LogP contribution in [0.5, 0.6) is 5.75 Å². The summed E-state index contributed by atoms with van der Waals surface area (Å²) in [5.74, 6) is 0.524. The topological polar surface area (TPSA) is 87.8 Å². The van der Waals surface area contributed by atoms with Crippen molar-refractivity contribution < 1.29 is 14.6 Å². The van der Waals surface area contributed by atoms with E-state index in [0.29, 0.717) is 30.1 Å². The van der Waals surface area contributed by atoms with E-state index in [1.54, 1.807) is 23.1 Å². The van der Waals surface area contributed by atoms with E-state index in [0.717, 1.165) is 0 Å². The number of fused-ring (bicyclic) bond motifs is 1. The number of aliphatic hydroxyl groups is 1. The predicted octanol–water partition coefficient (Wildman–Crippen LogP) is 0.708. The zero-order chi connectivity index (χ0) is 16.3. The van der Waals surface area contributed by atoms with Crippen LogP contribution in [0.2, 0.25) is 0 Å². The van der Waals surface area contributed by atoms with Crippen LogP contribution in [0.1, 0.15) is 24.2 Å². The van der Waals surface area contributed by atoms with E-state index in [9.17, 15) is 9.90 Å². The van der Waals surface area contributed by atoms with Crippen LogP contribution in [-0.4, -0.2) is 54.8 Å². The third-order valence-electron chi connectivity index (χ3n) is 4.09. The van der Waals surface area contributed by atoms with E-state index in [4.69, 9.17) is 10.5 Å². The highest BCUT2D eigenvalue weighted by Crippen LogP contribution is 2.29. The van der Waals surface area contributed by atoms with Gasteiger partial charge in [0.15, 0.2) is 0 Å². The summed E-state index contributed by atoms with van der Waals surface area (Å²) < 4.78 is 6.05. The Morgan fingerprint density at radius 1 is 1.55 bits per heavy atom. The van der Waals surface area contributed by atoms with Crippen molar-refractivity contribution in [3.8, 4) is 5.75 Å². The van der Waals surface area contributed by atoms with Crippen molar-refractivity contribution in [2.45, 2.75) is 26.0 Å². The summed E-state index contributed by atoms with van der Waals surface area (Å²) in [7, 11) is 1.87. The molecule has 2 rings (SSSR count). The van der Waals surface area contributed by atoms with Gasteiger partial charge in [-0.2, -0.15) is 0 Å². The van der Waals surface area contributed by atoms with Crippen molar-refractivity contribution in [3.63, 3.8) is 0 Å². The van der Waals surface area contributed by atoms with E-state index in [1.807, 2.05) is 14.0 Å². The van der Waals surface area contributed by atoms with Crippen LogP contribution in [0.25, 0.3) is 0 Å². The predicted molar refractivity (Wildman–Crippen MR) is 85.9 cm³/mol. The van der Waals surface area contributed by atoms with E-state index in [2.05, 4.69) is 12.2 Å². The maximum atomic E-state index is 12.8. The summed E-state index contributed by atoms with van der Waals surface area (Å²) >= 11 is 0. The van der Waals surface area contributed by atoms with Crippen molar-refractivity contribution in [2.24, 2.45) is 5.92 Å². The summed E-state index contributed by atoms with van der Waals surface area (Å²) in [4.78, 5) is 14.5. The van der Waals surface area contributed by atoms with Crippen molar-refractivity contribution >= 4 is 11.6 Å². The van der Waals surface area contributed by atoms with Gasteiger partial charge in [-0.25, -0.2) is 0 Å². The number of ether oxygens (including phenoxy) is 1. The van der Waals surface area contributed by atoms with E-state index < -0.39 is 0 Å². The van der Waals surface area contributed by atoms with Crippen molar-refractivity contribution in [2.75, 3.05) is 32.5 Å². The van der Waals surface area contributed by atoms with Gasteiger partial charge in [0.25, 0.3) is 5.91 Å². The molecule has 122 valence electrons. The number of carbonyl (C=O) groups excluding carboxylic acids is 1. The molecule has 1 amide bonds. The van der Waals surface area contributed by atoms with Gasteiger partial charge < -0.3 is 25.8 Å². The summed E-state index contributed by atoms with van der Waals surface area (Å²) in [6.45, 7) is 5.02. The summed E-state index contributed by atoms with van der Waals surface area (Å²) in [5.41, 5.74) is 6.79. The molecule has 1 aliphatic heterocycles. The molecule has 0 fully saturated rings. The fourth-order valence-electron chi connectivity index (χ4n) is 2.68. The van der Waals surface area contributed by atoms with Gasteiger partial charge >= 0.3 is 0 Å². The number of rotatable bonds is 4. The zero-order valence-corrected chi connectivity index (χ0v) is 13.4. The summed E-state index contributed by atoms with van der Waals surface area (Å²) in [6, 6.07) is 4.86. The Bertz CT molecular complexity index is 535. The van der Waals surface area contributed by atoms with Crippen LogP contribution >= 0.6 is 0 Å². The molecule has 22 heavy (non-hydrogen) atoms. The van der Waals surface area contributed by atoms with Gasteiger partial charge in [0.1, 0.15) is 11.9 Å². The maximum Gasteiger partial charge on any atom is 0.258 e. The molecule has 0 bridgehead atoms. The average molecular weight is 307 g/mol. The van der Waals surface area contributed by atoms with Gasteiger partial charge in [-0.15, -0.1) is 0 Å². The fraction of sp³-hybridized carbons (Fsp3) is 0.562. The summed E-state index contributed by atoms with van der Waals surface area (Å²) in [5, 5.41) is 12.6. The molecule has 0 aliphatic carbocycles. The molecule has 4 N–H and O–H groups in total. The number of amides is 1. The second-order valence-corrected chi connectivity index (χ2v) is 5.94. The van der Waals surface area contributed by atoms with Crippen LogP contribution in [0.15, 0.2) is 18.2 Å².